The standard InChI is InChI=1S/C16H19F3O4/c1-10-7-12(20)9-14(2,3)15(10,22)6-5-11(16(17,18)19)8-13(21)23-4/h5-8,22H,9H2,1-4H3/b6-5+,11-8+. The van der Waals surface area contributed by atoms with Gasteiger partial charge in [0.2, 0.25) is 0 Å². The molecule has 0 heterocycles. The van der Waals surface area contributed by atoms with Crippen molar-refractivity contribution in [1.82, 2.24) is 0 Å². The molecule has 0 spiro atoms. The largest absolute Gasteiger partial charge is 0.466 e. The van der Waals surface area contributed by atoms with E-state index in [2.05, 4.69) is 4.74 Å². The Labute approximate surface area is 132 Å². The molecule has 0 amide bonds. The third-order valence-electron chi connectivity index (χ3n) is 3.93. The first-order chi connectivity index (χ1) is 10.3. The molecule has 7 heteroatoms. The highest BCUT2D eigenvalue weighted by atomic mass is 19.4. The van der Waals surface area contributed by atoms with E-state index in [0.29, 0.717) is 12.2 Å². The predicted octanol–water partition coefficient (Wildman–Crippen LogP) is 2.88. The van der Waals surface area contributed by atoms with E-state index in [9.17, 15) is 27.9 Å². The zero-order valence-corrected chi connectivity index (χ0v) is 13.3. The molecule has 1 aliphatic rings. The van der Waals surface area contributed by atoms with Crippen LogP contribution in [0.15, 0.2) is 35.5 Å². The van der Waals surface area contributed by atoms with Crippen LogP contribution < -0.4 is 0 Å². The first kappa shape index (κ1) is 19.2. The van der Waals surface area contributed by atoms with Gasteiger partial charge in [-0.1, -0.05) is 19.9 Å². The number of aliphatic hydroxyl groups is 1. The van der Waals surface area contributed by atoms with E-state index in [1.165, 1.54) is 13.0 Å². The highest BCUT2D eigenvalue weighted by molar-refractivity contribution is 5.92. The third kappa shape index (κ3) is 4.10. The van der Waals surface area contributed by atoms with Crippen LogP contribution >= 0.6 is 0 Å². The average Bonchev–Trinajstić information content (AvgIpc) is 2.38. The molecule has 0 saturated heterocycles. The van der Waals surface area contributed by atoms with Gasteiger partial charge in [0.1, 0.15) is 5.60 Å². The number of carbonyl (C=O) groups is 2. The second-order valence-electron chi connectivity index (χ2n) is 6.07. The van der Waals surface area contributed by atoms with Gasteiger partial charge in [0.25, 0.3) is 0 Å². The molecule has 4 nitrogen and oxygen atoms in total. The van der Waals surface area contributed by atoms with Gasteiger partial charge in [0.05, 0.1) is 12.7 Å². The molecule has 1 rings (SSSR count). The van der Waals surface area contributed by atoms with Crippen molar-refractivity contribution in [3.63, 3.8) is 0 Å². The topological polar surface area (TPSA) is 63.6 Å². The van der Waals surface area contributed by atoms with Gasteiger partial charge in [-0.05, 0) is 24.6 Å². The van der Waals surface area contributed by atoms with Crippen molar-refractivity contribution in [2.24, 2.45) is 5.41 Å². The van der Waals surface area contributed by atoms with Crippen molar-refractivity contribution in [3.8, 4) is 0 Å². The van der Waals surface area contributed by atoms with E-state index in [4.69, 9.17) is 0 Å². The summed E-state index contributed by atoms with van der Waals surface area (Å²) in [6, 6.07) is 0. The van der Waals surface area contributed by atoms with Crippen molar-refractivity contribution >= 4 is 11.8 Å². The molecule has 1 atom stereocenters. The van der Waals surface area contributed by atoms with Crippen LogP contribution in [0.4, 0.5) is 13.2 Å². The van der Waals surface area contributed by atoms with Gasteiger partial charge < -0.3 is 9.84 Å². The molecule has 0 aromatic rings. The SMILES string of the molecule is COC(=O)/C=C(\C=C\C1(O)C(C)=CC(=O)CC1(C)C)C(F)(F)F. The van der Waals surface area contributed by atoms with Crippen LogP contribution in [-0.4, -0.2) is 35.7 Å². The maximum atomic E-state index is 13.0. The van der Waals surface area contributed by atoms with Gasteiger partial charge in [-0.15, -0.1) is 0 Å². The van der Waals surface area contributed by atoms with E-state index in [1.807, 2.05) is 0 Å². The maximum absolute atomic E-state index is 13.0. The Hall–Kier alpha value is -1.89. The minimum Gasteiger partial charge on any atom is -0.466 e. The Bertz CT molecular complexity index is 597. The molecule has 0 radical (unpaired) electrons. The molecule has 1 unspecified atom stereocenters. The quantitative estimate of drug-likeness (QED) is 0.490. The number of alkyl halides is 3. The van der Waals surface area contributed by atoms with Crippen LogP contribution in [0.2, 0.25) is 0 Å². The summed E-state index contributed by atoms with van der Waals surface area (Å²) in [4.78, 5) is 22.7. The highest BCUT2D eigenvalue weighted by Gasteiger charge is 2.47. The van der Waals surface area contributed by atoms with Crippen LogP contribution in [0.5, 0.6) is 0 Å². The summed E-state index contributed by atoms with van der Waals surface area (Å²) in [6.45, 7) is 4.65. The zero-order valence-electron chi connectivity index (χ0n) is 13.3. The number of hydrogen-bond acceptors (Lipinski definition) is 4. The number of esters is 1. The van der Waals surface area contributed by atoms with Crippen molar-refractivity contribution in [1.29, 1.82) is 0 Å². The molecular weight excluding hydrogens is 313 g/mol. The summed E-state index contributed by atoms with van der Waals surface area (Å²) in [7, 11) is 0.965. The van der Waals surface area contributed by atoms with Gasteiger partial charge in [0.15, 0.2) is 5.78 Å². The number of halogens is 3. The number of rotatable bonds is 3. The lowest BCUT2D eigenvalue weighted by atomic mass is 9.64. The van der Waals surface area contributed by atoms with E-state index >= 15 is 0 Å². The Balaban J connectivity index is 3.32. The summed E-state index contributed by atoms with van der Waals surface area (Å²) in [5.41, 5.74) is -3.73. The van der Waals surface area contributed by atoms with E-state index in [-0.39, 0.29) is 17.8 Å². The lowest BCUT2D eigenvalue weighted by Crippen LogP contribution is -2.48. The summed E-state index contributed by atoms with van der Waals surface area (Å²) in [5.74, 6) is -1.36. The number of carbonyl (C=O) groups excluding carboxylic acids is 2. The Kier molecular flexibility index (Phi) is 5.26. The molecule has 0 fully saturated rings. The normalized spacial score (nSPS) is 25.5. The van der Waals surface area contributed by atoms with E-state index in [1.54, 1.807) is 13.8 Å². The molecule has 128 valence electrons. The average molecular weight is 332 g/mol. The minimum atomic E-state index is -4.78. The number of ketones is 1. The number of methoxy groups -OCH3 is 1. The fourth-order valence-electron chi connectivity index (χ4n) is 2.48. The Morgan fingerprint density at radius 3 is 2.39 bits per heavy atom. The molecule has 0 aromatic heterocycles. The van der Waals surface area contributed by atoms with Crippen LogP contribution in [0.1, 0.15) is 27.2 Å². The minimum absolute atomic E-state index is 0.00670. The van der Waals surface area contributed by atoms with Gasteiger partial charge in [-0.25, -0.2) is 4.79 Å². The number of allylic oxidation sites excluding steroid dienone is 3. The first-order valence-corrected chi connectivity index (χ1v) is 6.83. The van der Waals surface area contributed by atoms with Gasteiger partial charge >= 0.3 is 12.1 Å². The third-order valence-corrected chi connectivity index (χ3v) is 3.93. The molecule has 0 bridgehead atoms. The smallest absolute Gasteiger partial charge is 0.416 e. The van der Waals surface area contributed by atoms with Crippen molar-refractivity contribution in [2.45, 2.75) is 39.0 Å². The van der Waals surface area contributed by atoms with Crippen molar-refractivity contribution in [3.05, 3.63) is 35.5 Å². The van der Waals surface area contributed by atoms with E-state index < -0.39 is 28.7 Å². The first-order valence-electron chi connectivity index (χ1n) is 6.83. The fourth-order valence-corrected chi connectivity index (χ4v) is 2.48. The summed E-state index contributed by atoms with van der Waals surface area (Å²) < 4.78 is 43.1. The highest BCUT2D eigenvalue weighted by Crippen LogP contribution is 2.44. The molecule has 0 aliphatic heterocycles. The van der Waals surface area contributed by atoms with Gasteiger partial charge in [-0.2, -0.15) is 13.2 Å². The zero-order chi connectivity index (χ0) is 18.1. The van der Waals surface area contributed by atoms with Crippen molar-refractivity contribution < 1.29 is 32.6 Å². The van der Waals surface area contributed by atoms with Crippen molar-refractivity contribution in [2.75, 3.05) is 7.11 Å². The fraction of sp³-hybridized carbons (Fsp3) is 0.500. The van der Waals surface area contributed by atoms with Crippen LogP contribution in [0.3, 0.4) is 0 Å². The molecule has 1 N–H and O–H groups in total. The monoisotopic (exact) mass is 332 g/mol. The summed E-state index contributed by atoms with van der Waals surface area (Å²) in [5, 5.41) is 10.8. The Morgan fingerprint density at radius 2 is 1.96 bits per heavy atom. The predicted molar refractivity (Wildman–Crippen MR) is 77.4 cm³/mol. The summed E-state index contributed by atoms with van der Waals surface area (Å²) in [6.07, 6.45) is -1.67. The number of ether oxygens (including phenoxy) is 1. The lowest BCUT2D eigenvalue weighted by molar-refractivity contribution is -0.135. The molecule has 23 heavy (non-hydrogen) atoms. The van der Waals surface area contributed by atoms with Crippen LogP contribution in [0, 0.1) is 5.41 Å². The van der Waals surface area contributed by atoms with Gasteiger partial charge in [0, 0.05) is 17.9 Å². The summed E-state index contributed by atoms with van der Waals surface area (Å²) >= 11 is 0. The van der Waals surface area contributed by atoms with Crippen LogP contribution in [-0.2, 0) is 14.3 Å². The molecule has 0 aromatic carbocycles. The maximum Gasteiger partial charge on any atom is 0.416 e. The van der Waals surface area contributed by atoms with Crippen LogP contribution in [0.25, 0.3) is 0 Å². The molecular formula is C16H19F3O4. The Morgan fingerprint density at radius 1 is 1.39 bits per heavy atom. The second-order valence-corrected chi connectivity index (χ2v) is 6.07. The van der Waals surface area contributed by atoms with E-state index in [0.717, 1.165) is 13.2 Å². The lowest BCUT2D eigenvalue weighted by Gasteiger charge is -2.44. The number of hydrogen-bond donors (Lipinski definition) is 1. The van der Waals surface area contributed by atoms with Gasteiger partial charge in [-0.3, -0.25) is 4.79 Å². The molecule has 0 saturated carbocycles. The second kappa shape index (κ2) is 6.31. The molecule has 1 aliphatic carbocycles.